The van der Waals surface area contributed by atoms with Gasteiger partial charge in [0, 0.05) is 6.54 Å². The minimum atomic E-state index is 0.0935. The van der Waals surface area contributed by atoms with Gasteiger partial charge in [-0.1, -0.05) is 0 Å². The van der Waals surface area contributed by atoms with Crippen molar-refractivity contribution >= 4 is 6.01 Å². The molecule has 0 bridgehead atoms. The number of aryl methyl sites for hydroxylation is 1. The van der Waals surface area contributed by atoms with Gasteiger partial charge < -0.3 is 19.2 Å². The number of anilines is 1. The zero-order valence-electron chi connectivity index (χ0n) is 8.16. The Morgan fingerprint density at radius 3 is 3.14 bits per heavy atom. The van der Waals surface area contributed by atoms with Gasteiger partial charge in [-0.05, 0) is 6.92 Å². The SMILES string of the molecule is Cc1coc(NCC2COCCO2)n1. The van der Waals surface area contributed by atoms with Gasteiger partial charge in [0.15, 0.2) is 0 Å². The van der Waals surface area contributed by atoms with Crippen molar-refractivity contribution in [1.29, 1.82) is 0 Å². The van der Waals surface area contributed by atoms with E-state index in [4.69, 9.17) is 13.9 Å². The van der Waals surface area contributed by atoms with E-state index in [1.165, 1.54) is 0 Å². The maximum atomic E-state index is 5.45. The van der Waals surface area contributed by atoms with E-state index >= 15 is 0 Å². The molecule has 1 fully saturated rings. The fraction of sp³-hybridized carbons (Fsp3) is 0.667. The van der Waals surface area contributed by atoms with Crippen LogP contribution in [0.3, 0.4) is 0 Å². The van der Waals surface area contributed by atoms with Gasteiger partial charge in [-0.15, -0.1) is 0 Å². The highest BCUT2D eigenvalue weighted by molar-refractivity contribution is 5.20. The van der Waals surface area contributed by atoms with Crippen molar-refractivity contribution in [2.75, 3.05) is 31.7 Å². The topological polar surface area (TPSA) is 56.5 Å². The molecule has 1 aromatic rings. The summed E-state index contributed by atoms with van der Waals surface area (Å²) >= 11 is 0. The molecule has 0 radical (unpaired) electrons. The number of hydrogen-bond donors (Lipinski definition) is 1. The van der Waals surface area contributed by atoms with Gasteiger partial charge in [-0.2, -0.15) is 4.98 Å². The average Bonchev–Trinajstić information content (AvgIpc) is 2.63. The monoisotopic (exact) mass is 198 g/mol. The Kier molecular flexibility index (Phi) is 3.00. The molecule has 78 valence electrons. The molecule has 1 aromatic heterocycles. The Labute approximate surface area is 82.4 Å². The molecular formula is C9H14N2O3. The van der Waals surface area contributed by atoms with Gasteiger partial charge in [-0.3, -0.25) is 0 Å². The number of nitrogens with one attached hydrogen (secondary N) is 1. The predicted molar refractivity (Wildman–Crippen MR) is 50.3 cm³/mol. The molecule has 2 rings (SSSR count). The van der Waals surface area contributed by atoms with Gasteiger partial charge in [-0.25, -0.2) is 0 Å². The van der Waals surface area contributed by atoms with Crippen molar-refractivity contribution in [2.24, 2.45) is 0 Å². The van der Waals surface area contributed by atoms with Crippen LogP contribution in [0.15, 0.2) is 10.7 Å². The summed E-state index contributed by atoms with van der Waals surface area (Å²) in [4.78, 5) is 4.12. The lowest BCUT2D eigenvalue weighted by atomic mass is 10.3. The zero-order valence-corrected chi connectivity index (χ0v) is 8.16. The number of nitrogens with zero attached hydrogens (tertiary/aromatic N) is 1. The van der Waals surface area contributed by atoms with Crippen molar-refractivity contribution in [1.82, 2.24) is 4.98 Å². The van der Waals surface area contributed by atoms with Crippen LogP contribution in [0, 0.1) is 6.92 Å². The number of aromatic nitrogens is 1. The third-order valence-corrected chi connectivity index (χ3v) is 1.98. The molecule has 1 unspecified atom stereocenters. The Morgan fingerprint density at radius 1 is 1.57 bits per heavy atom. The molecule has 2 heterocycles. The molecule has 1 aliphatic heterocycles. The van der Waals surface area contributed by atoms with E-state index in [9.17, 15) is 0 Å². The highest BCUT2D eigenvalue weighted by atomic mass is 16.6. The van der Waals surface area contributed by atoms with Crippen LogP contribution in [0.1, 0.15) is 5.69 Å². The molecule has 0 saturated carbocycles. The van der Waals surface area contributed by atoms with Crippen molar-refractivity contribution in [3.8, 4) is 0 Å². The second kappa shape index (κ2) is 4.43. The van der Waals surface area contributed by atoms with Gasteiger partial charge >= 0.3 is 0 Å². The maximum Gasteiger partial charge on any atom is 0.294 e. The van der Waals surface area contributed by atoms with E-state index in [1.54, 1.807) is 6.26 Å². The summed E-state index contributed by atoms with van der Waals surface area (Å²) in [6, 6.07) is 0.539. The normalized spacial score (nSPS) is 22.2. The molecule has 0 amide bonds. The highest BCUT2D eigenvalue weighted by Gasteiger charge is 2.14. The van der Waals surface area contributed by atoms with Crippen LogP contribution < -0.4 is 5.32 Å². The Morgan fingerprint density at radius 2 is 2.50 bits per heavy atom. The van der Waals surface area contributed by atoms with Gasteiger partial charge in [0.25, 0.3) is 6.01 Å². The van der Waals surface area contributed by atoms with Crippen LogP contribution in [-0.2, 0) is 9.47 Å². The highest BCUT2D eigenvalue weighted by Crippen LogP contribution is 2.07. The molecular weight excluding hydrogens is 184 g/mol. The zero-order chi connectivity index (χ0) is 9.80. The molecule has 5 nitrogen and oxygen atoms in total. The van der Waals surface area contributed by atoms with E-state index < -0.39 is 0 Å². The lowest BCUT2D eigenvalue weighted by molar-refractivity contribution is -0.0820. The quantitative estimate of drug-likeness (QED) is 0.778. The summed E-state index contributed by atoms with van der Waals surface area (Å²) in [6.07, 6.45) is 1.71. The molecule has 1 N–H and O–H groups in total. The Hall–Kier alpha value is -1.07. The predicted octanol–water partition coefficient (Wildman–Crippen LogP) is 0.810. The van der Waals surface area contributed by atoms with E-state index in [1.807, 2.05) is 6.92 Å². The third-order valence-electron chi connectivity index (χ3n) is 1.98. The summed E-state index contributed by atoms with van der Waals surface area (Å²) in [6.45, 7) is 4.53. The second-order valence-corrected chi connectivity index (χ2v) is 3.24. The molecule has 1 saturated heterocycles. The summed E-state index contributed by atoms with van der Waals surface area (Å²) in [5.74, 6) is 0. The van der Waals surface area contributed by atoms with Gasteiger partial charge in [0.1, 0.15) is 6.26 Å². The van der Waals surface area contributed by atoms with Crippen LogP contribution >= 0.6 is 0 Å². The second-order valence-electron chi connectivity index (χ2n) is 3.24. The Balaban J connectivity index is 1.76. The van der Waals surface area contributed by atoms with E-state index in [0.29, 0.717) is 32.4 Å². The van der Waals surface area contributed by atoms with Crippen LogP contribution in [0.4, 0.5) is 6.01 Å². The average molecular weight is 198 g/mol. The number of hydrogen-bond acceptors (Lipinski definition) is 5. The lowest BCUT2D eigenvalue weighted by Gasteiger charge is -2.22. The van der Waals surface area contributed by atoms with Crippen LogP contribution in [-0.4, -0.2) is 37.5 Å². The van der Waals surface area contributed by atoms with E-state index in [-0.39, 0.29) is 6.10 Å². The first kappa shape index (κ1) is 9.48. The lowest BCUT2D eigenvalue weighted by Crippen LogP contribution is -2.34. The number of oxazole rings is 1. The van der Waals surface area contributed by atoms with Gasteiger partial charge in [0.05, 0.1) is 31.6 Å². The number of ether oxygens (including phenoxy) is 2. The molecule has 0 spiro atoms. The minimum absolute atomic E-state index is 0.0935. The van der Waals surface area contributed by atoms with Gasteiger partial charge in [0.2, 0.25) is 0 Å². The van der Waals surface area contributed by atoms with Crippen LogP contribution in [0.5, 0.6) is 0 Å². The van der Waals surface area contributed by atoms with Crippen molar-refractivity contribution in [3.05, 3.63) is 12.0 Å². The smallest absolute Gasteiger partial charge is 0.294 e. The standard InChI is InChI=1S/C9H14N2O3/c1-7-5-14-9(11-7)10-4-8-6-12-2-3-13-8/h5,8H,2-4,6H2,1H3,(H,10,11). The summed E-state index contributed by atoms with van der Waals surface area (Å²) in [7, 11) is 0. The van der Waals surface area contributed by atoms with Crippen molar-refractivity contribution < 1.29 is 13.9 Å². The number of rotatable bonds is 3. The largest absolute Gasteiger partial charge is 0.432 e. The molecule has 1 aliphatic rings. The van der Waals surface area contributed by atoms with Crippen molar-refractivity contribution in [2.45, 2.75) is 13.0 Å². The van der Waals surface area contributed by atoms with Crippen molar-refractivity contribution in [3.63, 3.8) is 0 Å². The fourth-order valence-corrected chi connectivity index (χ4v) is 1.29. The Bertz CT molecular complexity index is 281. The molecule has 1 atom stereocenters. The first-order valence-corrected chi connectivity index (χ1v) is 4.70. The van der Waals surface area contributed by atoms with Crippen LogP contribution in [0.25, 0.3) is 0 Å². The molecule has 5 heteroatoms. The molecule has 14 heavy (non-hydrogen) atoms. The summed E-state index contributed by atoms with van der Waals surface area (Å²) in [5, 5.41) is 3.05. The summed E-state index contributed by atoms with van der Waals surface area (Å²) < 4.78 is 15.8. The summed E-state index contributed by atoms with van der Waals surface area (Å²) in [5.41, 5.74) is 0.869. The maximum absolute atomic E-state index is 5.45. The van der Waals surface area contributed by atoms with Crippen LogP contribution in [0.2, 0.25) is 0 Å². The minimum Gasteiger partial charge on any atom is -0.432 e. The molecule has 0 aliphatic carbocycles. The van der Waals surface area contributed by atoms with E-state index in [2.05, 4.69) is 10.3 Å². The first-order chi connectivity index (χ1) is 6.84. The fourth-order valence-electron chi connectivity index (χ4n) is 1.29. The molecule has 0 aromatic carbocycles. The van der Waals surface area contributed by atoms with E-state index in [0.717, 1.165) is 5.69 Å². The first-order valence-electron chi connectivity index (χ1n) is 4.70. The third kappa shape index (κ3) is 2.46.